The standard InChI is InChI=1S/C11H20N2OS/c1-8-13-10(7-15-8)5-9(12)6-14-11(2,3)4/h7,9H,5-6,12H2,1-4H3. The number of aryl methyl sites for hydroxylation is 1. The monoisotopic (exact) mass is 228 g/mol. The van der Waals surface area contributed by atoms with Gasteiger partial charge in [0.25, 0.3) is 0 Å². The normalized spacial score (nSPS) is 14.2. The SMILES string of the molecule is Cc1nc(CC(N)COC(C)(C)C)cs1. The summed E-state index contributed by atoms with van der Waals surface area (Å²) in [5, 5.41) is 3.15. The van der Waals surface area contributed by atoms with Gasteiger partial charge in [0, 0.05) is 17.8 Å². The number of ether oxygens (including phenoxy) is 1. The fourth-order valence-corrected chi connectivity index (χ4v) is 1.81. The van der Waals surface area contributed by atoms with Crippen molar-refractivity contribution in [2.75, 3.05) is 6.61 Å². The van der Waals surface area contributed by atoms with Crippen molar-refractivity contribution in [3.8, 4) is 0 Å². The van der Waals surface area contributed by atoms with Crippen LogP contribution in [0.25, 0.3) is 0 Å². The Morgan fingerprint density at radius 2 is 2.20 bits per heavy atom. The molecule has 0 aliphatic heterocycles. The third kappa shape index (κ3) is 5.25. The minimum atomic E-state index is -0.115. The molecule has 3 nitrogen and oxygen atoms in total. The van der Waals surface area contributed by atoms with Crippen LogP contribution in [-0.4, -0.2) is 23.2 Å². The number of rotatable bonds is 4. The van der Waals surface area contributed by atoms with Gasteiger partial charge >= 0.3 is 0 Å². The average molecular weight is 228 g/mol. The van der Waals surface area contributed by atoms with E-state index in [1.54, 1.807) is 11.3 Å². The van der Waals surface area contributed by atoms with Gasteiger partial charge < -0.3 is 10.5 Å². The Hall–Kier alpha value is -0.450. The van der Waals surface area contributed by atoms with E-state index < -0.39 is 0 Å². The van der Waals surface area contributed by atoms with E-state index in [1.807, 2.05) is 27.7 Å². The summed E-state index contributed by atoms with van der Waals surface area (Å²) in [6.07, 6.45) is 0.792. The highest BCUT2D eigenvalue weighted by Gasteiger charge is 2.13. The second-order valence-corrected chi connectivity index (χ2v) is 5.81. The lowest BCUT2D eigenvalue weighted by atomic mass is 10.1. The number of nitrogens with zero attached hydrogens (tertiary/aromatic N) is 1. The molecule has 1 unspecified atom stereocenters. The maximum absolute atomic E-state index is 5.96. The molecule has 0 aromatic carbocycles. The predicted molar refractivity (Wildman–Crippen MR) is 64.2 cm³/mol. The van der Waals surface area contributed by atoms with Crippen LogP contribution in [0.3, 0.4) is 0 Å². The summed E-state index contributed by atoms with van der Waals surface area (Å²) in [4.78, 5) is 4.38. The van der Waals surface area contributed by atoms with Gasteiger partial charge in [0.05, 0.1) is 22.9 Å². The van der Waals surface area contributed by atoms with Crippen LogP contribution in [0.4, 0.5) is 0 Å². The fourth-order valence-electron chi connectivity index (χ4n) is 1.19. The topological polar surface area (TPSA) is 48.1 Å². The number of hydrogen-bond acceptors (Lipinski definition) is 4. The van der Waals surface area contributed by atoms with E-state index in [0.29, 0.717) is 6.61 Å². The summed E-state index contributed by atoms with van der Waals surface area (Å²) in [5.41, 5.74) is 6.92. The van der Waals surface area contributed by atoms with Gasteiger partial charge in [0.1, 0.15) is 0 Å². The number of thiazole rings is 1. The van der Waals surface area contributed by atoms with E-state index in [0.717, 1.165) is 17.1 Å². The molecular formula is C11H20N2OS. The summed E-state index contributed by atoms with van der Waals surface area (Å²) >= 11 is 1.66. The average Bonchev–Trinajstić information content (AvgIpc) is 2.47. The molecule has 0 amide bonds. The lowest BCUT2D eigenvalue weighted by Gasteiger charge is -2.22. The molecule has 1 aromatic heterocycles. The lowest BCUT2D eigenvalue weighted by molar-refractivity contribution is -0.00991. The first kappa shape index (κ1) is 12.6. The Balaban J connectivity index is 2.33. The molecule has 86 valence electrons. The Kier molecular flexibility index (Phi) is 4.25. The van der Waals surface area contributed by atoms with Crippen molar-refractivity contribution >= 4 is 11.3 Å². The van der Waals surface area contributed by atoms with E-state index in [2.05, 4.69) is 10.4 Å². The summed E-state index contributed by atoms with van der Waals surface area (Å²) in [7, 11) is 0. The second kappa shape index (κ2) is 5.05. The largest absolute Gasteiger partial charge is 0.374 e. The van der Waals surface area contributed by atoms with Crippen molar-refractivity contribution in [3.63, 3.8) is 0 Å². The lowest BCUT2D eigenvalue weighted by Crippen LogP contribution is -2.33. The van der Waals surface area contributed by atoms with Gasteiger partial charge in [-0.2, -0.15) is 0 Å². The minimum absolute atomic E-state index is 0.0331. The molecule has 0 fully saturated rings. The molecule has 1 rings (SSSR count). The molecular weight excluding hydrogens is 208 g/mol. The molecule has 0 bridgehead atoms. The van der Waals surface area contributed by atoms with Crippen LogP contribution in [0.1, 0.15) is 31.5 Å². The van der Waals surface area contributed by atoms with Crippen molar-refractivity contribution in [1.29, 1.82) is 0 Å². The van der Waals surface area contributed by atoms with Gasteiger partial charge in [-0.25, -0.2) is 4.98 Å². The molecule has 15 heavy (non-hydrogen) atoms. The van der Waals surface area contributed by atoms with Crippen molar-refractivity contribution in [3.05, 3.63) is 16.1 Å². The predicted octanol–water partition coefficient (Wildman–Crippen LogP) is 2.14. The van der Waals surface area contributed by atoms with Crippen LogP contribution in [0.2, 0.25) is 0 Å². The number of nitrogens with two attached hydrogens (primary N) is 1. The van der Waals surface area contributed by atoms with Gasteiger partial charge in [-0.1, -0.05) is 0 Å². The summed E-state index contributed by atoms with van der Waals surface area (Å²) in [6.45, 7) is 8.69. The number of aromatic nitrogens is 1. The first-order valence-corrected chi connectivity index (χ1v) is 6.05. The molecule has 0 aliphatic rings. The van der Waals surface area contributed by atoms with Crippen molar-refractivity contribution in [2.45, 2.75) is 45.8 Å². The Morgan fingerprint density at radius 3 is 2.67 bits per heavy atom. The summed E-state index contributed by atoms with van der Waals surface area (Å²) < 4.78 is 5.62. The van der Waals surface area contributed by atoms with Crippen LogP contribution in [0, 0.1) is 6.92 Å². The van der Waals surface area contributed by atoms with Crippen molar-refractivity contribution < 1.29 is 4.74 Å². The zero-order valence-corrected chi connectivity index (χ0v) is 10.7. The molecule has 0 saturated carbocycles. The third-order valence-corrected chi connectivity index (χ3v) is 2.69. The van der Waals surface area contributed by atoms with E-state index in [-0.39, 0.29) is 11.6 Å². The molecule has 1 atom stereocenters. The highest BCUT2D eigenvalue weighted by Crippen LogP contribution is 2.11. The maximum atomic E-state index is 5.96. The van der Waals surface area contributed by atoms with E-state index >= 15 is 0 Å². The molecule has 0 saturated heterocycles. The van der Waals surface area contributed by atoms with Crippen LogP contribution >= 0.6 is 11.3 Å². The van der Waals surface area contributed by atoms with E-state index in [4.69, 9.17) is 10.5 Å². The zero-order chi connectivity index (χ0) is 11.5. The summed E-state index contributed by atoms with van der Waals surface area (Å²) in [6, 6.07) is 0.0331. The Labute approximate surface area is 95.7 Å². The van der Waals surface area contributed by atoms with Gasteiger partial charge in [0.15, 0.2) is 0 Å². The first-order valence-electron chi connectivity index (χ1n) is 5.17. The highest BCUT2D eigenvalue weighted by atomic mass is 32.1. The molecule has 0 spiro atoms. The molecule has 1 heterocycles. The van der Waals surface area contributed by atoms with E-state index in [1.165, 1.54) is 0 Å². The molecule has 0 radical (unpaired) electrons. The highest BCUT2D eigenvalue weighted by molar-refractivity contribution is 7.09. The molecule has 0 aliphatic carbocycles. The molecule has 4 heteroatoms. The number of hydrogen-bond donors (Lipinski definition) is 1. The van der Waals surface area contributed by atoms with Crippen LogP contribution in [0.15, 0.2) is 5.38 Å². The van der Waals surface area contributed by atoms with Gasteiger partial charge in [-0.15, -0.1) is 11.3 Å². The first-order chi connectivity index (χ1) is 6.87. The van der Waals surface area contributed by atoms with Crippen LogP contribution < -0.4 is 5.73 Å². The van der Waals surface area contributed by atoms with Gasteiger partial charge in [-0.05, 0) is 27.7 Å². The van der Waals surface area contributed by atoms with Crippen molar-refractivity contribution in [2.24, 2.45) is 5.73 Å². The quantitative estimate of drug-likeness (QED) is 0.859. The molecule has 2 N–H and O–H groups in total. The van der Waals surface area contributed by atoms with Gasteiger partial charge in [-0.3, -0.25) is 0 Å². The fraction of sp³-hybridized carbons (Fsp3) is 0.727. The zero-order valence-electron chi connectivity index (χ0n) is 9.91. The Bertz CT molecular complexity index is 304. The second-order valence-electron chi connectivity index (χ2n) is 4.75. The summed E-state index contributed by atoms with van der Waals surface area (Å²) in [5.74, 6) is 0. The smallest absolute Gasteiger partial charge is 0.0897 e. The van der Waals surface area contributed by atoms with Crippen LogP contribution in [0.5, 0.6) is 0 Å². The van der Waals surface area contributed by atoms with Gasteiger partial charge in [0.2, 0.25) is 0 Å². The van der Waals surface area contributed by atoms with Crippen molar-refractivity contribution in [1.82, 2.24) is 4.98 Å². The van der Waals surface area contributed by atoms with E-state index in [9.17, 15) is 0 Å². The Morgan fingerprint density at radius 1 is 1.53 bits per heavy atom. The maximum Gasteiger partial charge on any atom is 0.0897 e. The van der Waals surface area contributed by atoms with Crippen LogP contribution in [-0.2, 0) is 11.2 Å². The minimum Gasteiger partial charge on any atom is -0.374 e. The third-order valence-electron chi connectivity index (χ3n) is 1.87. The molecule has 1 aromatic rings.